The number of rotatable bonds is 10. The summed E-state index contributed by atoms with van der Waals surface area (Å²) in [6.07, 6.45) is 8.69. The molecule has 1 aliphatic rings. The fourth-order valence-corrected chi connectivity index (χ4v) is 4.92. The van der Waals surface area contributed by atoms with E-state index in [0.717, 1.165) is 57.7 Å². The summed E-state index contributed by atoms with van der Waals surface area (Å²) in [5.74, 6) is -0.00328. The molecule has 0 N–H and O–H groups in total. The average Bonchev–Trinajstić information content (AvgIpc) is 2.92. The number of carbonyl (C=O) groups excluding carboxylic acids is 1. The number of halogens is 1. The SMILES string of the molecule is CN(CCCCN1CCN(C(c2ccccc2)c2ccccc2)CC1)C(=O)/C=C/c1cncc(Cl)c1. The highest BCUT2D eigenvalue weighted by atomic mass is 35.5. The summed E-state index contributed by atoms with van der Waals surface area (Å²) in [6, 6.07) is 23.7. The Morgan fingerprint density at radius 1 is 0.972 bits per heavy atom. The third-order valence-electron chi connectivity index (χ3n) is 6.74. The summed E-state index contributed by atoms with van der Waals surface area (Å²) >= 11 is 5.95. The highest BCUT2D eigenvalue weighted by Gasteiger charge is 2.26. The molecule has 36 heavy (non-hydrogen) atoms. The number of hydrogen-bond acceptors (Lipinski definition) is 4. The van der Waals surface area contributed by atoms with Crippen LogP contribution in [0.1, 0.15) is 35.6 Å². The second-order valence-corrected chi connectivity index (χ2v) is 9.77. The van der Waals surface area contributed by atoms with E-state index in [4.69, 9.17) is 11.6 Å². The molecule has 0 bridgehead atoms. The number of unbranched alkanes of at least 4 members (excludes halogenated alkanes) is 1. The number of carbonyl (C=O) groups is 1. The third kappa shape index (κ3) is 7.50. The van der Waals surface area contributed by atoms with E-state index in [1.807, 2.05) is 7.05 Å². The number of amides is 1. The number of aromatic nitrogens is 1. The van der Waals surface area contributed by atoms with Crippen molar-refractivity contribution in [2.75, 3.05) is 46.3 Å². The second-order valence-electron chi connectivity index (χ2n) is 9.34. The van der Waals surface area contributed by atoms with Crippen molar-refractivity contribution >= 4 is 23.6 Å². The molecule has 1 amide bonds. The van der Waals surface area contributed by atoms with Crippen LogP contribution >= 0.6 is 11.6 Å². The van der Waals surface area contributed by atoms with Crippen LogP contribution in [0.5, 0.6) is 0 Å². The van der Waals surface area contributed by atoms with E-state index in [0.29, 0.717) is 11.1 Å². The molecule has 1 saturated heterocycles. The summed E-state index contributed by atoms with van der Waals surface area (Å²) in [5.41, 5.74) is 3.53. The van der Waals surface area contributed by atoms with Crippen molar-refractivity contribution in [3.63, 3.8) is 0 Å². The van der Waals surface area contributed by atoms with Gasteiger partial charge in [-0.2, -0.15) is 0 Å². The van der Waals surface area contributed by atoms with Crippen LogP contribution in [0.25, 0.3) is 6.08 Å². The Labute approximate surface area is 220 Å². The van der Waals surface area contributed by atoms with Crippen LogP contribution in [-0.2, 0) is 4.79 Å². The molecule has 0 unspecified atom stereocenters. The largest absolute Gasteiger partial charge is 0.342 e. The molecule has 0 spiro atoms. The molecule has 3 aromatic rings. The van der Waals surface area contributed by atoms with Crippen LogP contribution in [-0.4, -0.2) is 71.9 Å². The lowest BCUT2D eigenvalue weighted by molar-refractivity contribution is -0.124. The standard InChI is InChI=1S/C30H35ClN4O/c1-33(29(36)15-14-25-22-28(31)24-32-23-25)16-8-9-17-34-18-20-35(21-19-34)30(26-10-4-2-5-11-26)27-12-6-3-7-13-27/h2-7,10-15,22-24,30H,8-9,16-21H2,1H3/b15-14+. The van der Waals surface area contributed by atoms with Gasteiger partial charge in [0.25, 0.3) is 0 Å². The molecule has 1 fully saturated rings. The topological polar surface area (TPSA) is 39.7 Å². The van der Waals surface area contributed by atoms with E-state index in [-0.39, 0.29) is 5.91 Å². The van der Waals surface area contributed by atoms with Gasteiger partial charge in [0.1, 0.15) is 0 Å². The van der Waals surface area contributed by atoms with Gasteiger partial charge in [-0.1, -0.05) is 72.3 Å². The van der Waals surface area contributed by atoms with Gasteiger partial charge in [0, 0.05) is 58.2 Å². The van der Waals surface area contributed by atoms with Crippen LogP contribution in [0.3, 0.4) is 0 Å². The number of pyridine rings is 1. The van der Waals surface area contributed by atoms with Gasteiger partial charge < -0.3 is 9.80 Å². The fourth-order valence-electron chi connectivity index (χ4n) is 4.74. The summed E-state index contributed by atoms with van der Waals surface area (Å²) in [6.45, 7) is 6.07. The van der Waals surface area contributed by atoms with Crippen molar-refractivity contribution in [3.05, 3.63) is 107 Å². The molecule has 0 atom stereocenters. The lowest BCUT2D eigenvalue weighted by atomic mass is 9.96. The van der Waals surface area contributed by atoms with Gasteiger partial charge in [0.2, 0.25) is 5.91 Å². The lowest BCUT2D eigenvalue weighted by Crippen LogP contribution is -2.48. The fraction of sp³-hybridized carbons (Fsp3) is 0.333. The van der Waals surface area contributed by atoms with E-state index >= 15 is 0 Å². The predicted molar refractivity (Wildman–Crippen MR) is 148 cm³/mol. The first-order valence-electron chi connectivity index (χ1n) is 12.7. The van der Waals surface area contributed by atoms with Crippen LogP contribution in [0, 0.1) is 0 Å². The minimum Gasteiger partial charge on any atom is -0.342 e. The zero-order valence-electron chi connectivity index (χ0n) is 21.0. The number of nitrogens with zero attached hydrogens (tertiary/aromatic N) is 4. The van der Waals surface area contributed by atoms with Crippen molar-refractivity contribution in [2.45, 2.75) is 18.9 Å². The van der Waals surface area contributed by atoms with Gasteiger partial charge in [0.05, 0.1) is 11.1 Å². The van der Waals surface area contributed by atoms with Gasteiger partial charge in [-0.3, -0.25) is 14.7 Å². The van der Waals surface area contributed by atoms with Crippen LogP contribution in [0.4, 0.5) is 0 Å². The normalized spacial score (nSPS) is 15.0. The summed E-state index contributed by atoms with van der Waals surface area (Å²) < 4.78 is 0. The number of benzene rings is 2. The molecule has 1 aliphatic heterocycles. The van der Waals surface area contributed by atoms with Gasteiger partial charge >= 0.3 is 0 Å². The monoisotopic (exact) mass is 502 g/mol. The Morgan fingerprint density at radius 2 is 1.61 bits per heavy atom. The van der Waals surface area contributed by atoms with E-state index in [1.54, 1.807) is 35.5 Å². The number of hydrogen-bond donors (Lipinski definition) is 0. The van der Waals surface area contributed by atoms with E-state index in [9.17, 15) is 4.79 Å². The first-order valence-corrected chi connectivity index (χ1v) is 13.1. The first-order chi connectivity index (χ1) is 17.6. The second kappa shape index (κ2) is 13.4. The van der Waals surface area contributed by atoms with Crippen molar-refractivity contribution in [1.29, 1.82) is 0 Å². The van der Waals surface area contributed by atoms with Crippen molar-refractivity contribution in [1.82, 2.24) is 19.7 Å². The summed E-state index contributed by atoms with van der Waals surface area (Å²) in [7, 11) is 1.86. The first kappa shape index (κ1) is 26.1. The van der Waals surface area contributed by atoms with Crippen molar-refractivity contribution in [2.24, 2.45) is 0 Å². The molecule has 6 heteroatoms. The highest BCUT2D eigenvalue weighted by Crippen LogP contribution is 2.29. The molecule has 0 saturated carbocycles. The minimum absolute atomic E-state index is 0.00328. The van der Waals surface area contributed by atoms with Gasteiger partial charge in [-0.25, -0.2) is 0 Å². The van der Waals surface area contributed by atoms with Gasteiger partial charge in [-0.15, -0.1) is 0 Å². The Bertz CT molecular complexity index is 1070. The molecule has 4 rings (SSSR count). The molecular formula is C30H35ClN4O. The number of likely N-dealkylation sites (N-methyl/N-ethyl adjacent to an activating group) is 1. The predicted octanol–water partition coefficient (Wildman–Crippen LogP) is 5.39. The minimum atomic E-state index is -0.00328. The smallest absolute Gasteiger partial charge is 0.246 e. The van der Waals surface area contributed by atoms with E-state index in [1.165, 1.54) is 11.1 Å². The molecule has 0 radical (unpaired) electrons. The molecule has 1 aromatic heterocycles. The molecule has 0 aliphatic carbocycles. The Balaban J connectivity index is 1.20. The van der Waals surface area contributed by atoms with Crippen molar-refractivity contribution < 1.29 is 4.79 Å². The van der Waals surface area contributed by atoms with Gasteiger partial charge in [0.15, 0.2) is 0 Å². The maximum absolute atomic E-state index is 12.4. The van der Waals surface area contributed by atoms with Crippen molar-refractivity contribution in [3.8, 4) is 0 Å². The average molecular weight is 503 g/mol. The van der Waals surface area contributed by atoms with Crippen LogP contribution < -0.4 is 0 Å². The molecule has 2 aromatic carbocycles. The van der Waals surface area contributed by atoms with Crippen LogP contribution in [0.15, 0.2) is 85.2 Å². The lowest BCUT2D eigenvalue weighted by Gasteiger charge is -2.40. The zero-order chi connectivity index (χ0) is 25.2. The van der Waals surface area contributed by atoms with Gasteiger partial charge in [-0.05, 0) is 48.2 Å². The number of piperazine rings is 1. The summed E-state index contributed by atoms with van der Waals surface area (Å²) in [5, 5.41) is 0.564. The van der Waals surface area contributed by atoms with Crippen LogP contribution in [0.2, 0.25) is 5.02 Å². The maximum atomic E-state index is 12.4. The molecule has 188 valence electrons. The van der Waals surface area contributed by atoms with E-state index < -0.39 is 0 Å². The molecular weight excluding hydrogens is 468 g/mol. The molecule has 5 nitrogen and oxygen atoms in total. The maximum Gasteiger partial charge on any atom is 0.246 e. The third-order valence-corrected chi connectivity index (χ3v) is 6.95. The summed E-state index contributed by atoms with van der Waals surface area (Å²) in [4.78, 5) is 23.4. The Morgan fingerprint density at radius 3 is 2.22 bits per heavy atom. The Kier molecular flexibility index (Phi) is 9.68. The highest BCUT2D eigenvalue weighted by molar-refractivity contribution is 6.30. The quantitative estimate of drug-likeness (QED) is 0.275. The zero-order valence-corrected chi connectivity index (χ0v) is 21.7. The Hall–Kier alpha value is -2.99. The van der Waals surface area contributed by atoms with E-state index in [2.05, 4.69) is 75.4 Å². The molecule has 2 heterocycles.